The summed E-state index contributed by atoms with van der Waals surface area (Å²) in [5, 5.41) is 4.85. The first-order chi connectivity index (χ1) is 11.7. The summed E-state index contributed by atoms with van der Waals surface area (Å²) in [6, 6.07) is 13.3. The van der Waals surface area contributed by atoms with Gasteiger partial charge in [0.25, 0.3) is 5.24 Å². The molecule has 1 unspecified atom stereocenters. The van der Waals surface area contributed by atoms with Gasteiger partial charge in [-0.15, -0.1) is 0 Å². The predicted octanol–water partition coefficient (Wildman–Crippen LogP) is 2.47. The quantitative estimate of drug-likeness (QED) is 0.752. The number of amides is 2. The summed E-state index contributed by atoms with van der Waals surface area (Å²) < 4.78 is 5.66. The molecule has 2 amide bonds. The van der Waals surface area contributed by atoms with E-state index in [9.17, 15) is 9.59 Å². The monoisotopic (exact) mass is 343 g/mol. The molecule has 1 aliphatic rings. The van der Waals surface area contributed by atoms with Crippen molar-refractivity contribution in [3.63, 3.8) is 0 Å². The predicted molar refractivity (Wildman–Crippen MR) is 93.3 cm³/mol. The van der Waals surface area contributed by atoms with E-state index in [4.69, 9.17) is 4.74 Å². The standard InChI is InChI=1S/C17H17N3O3S/c21-16-14(24-17(22)20-16)11-12-4-6-13(7-5-12)23-10-9-19-15-3-1-2-8-18-15/h1-8,14H,9-11H2,(H,18,19)(H,20,21,22). The number of hydrogen-bond acceptors (Lipinski definition) is 6. The van der Waals surface area contributed by atoms with Gasteiger partial charge in [0, 0.05) is 6.20 Å². The third-order valence-corrected chi connectivity index (χ3v) is 4.43. The Hall–Kier alpha value is -2.54. The highest BCUT2D eigenvalue weighted by molar-refractivity contribution is 8.15. The molecule has 0 radical (unpaired) electrons. The molecule has 3 rings (SSSR count). The van der Waals surface area contributed by atoms with Crippen LogP contribution < -0.4 is 15.4 Å². The summed E-state index contributed by atoms with van der Waals surface area (Å²) in [5.74, 6) is 1.37. The number of nitrogens with zero attached hydrogens (tertiary/aromatic N) is 1. The maximum Gasteiger partial charge on any atom is 0.286 e. The number of ether oxygens (including phenoxy) is 1. The summed E-state index contributed by atoms with van der Waals surface area (Å²) in [7, 11) is 0. The lowest BCUT2D eigenvalue weighted by Crippen LogP contribution is -2.25. The largest absolute Gasteiger partial charge is 0.492 e. The molecule has 2 N–H and O–H groups in total. The molecule has 1 aliphatic heterocycles. The first kappa shape index (κ1) is 16.3. The Kier molecular flexibility index (Phi) is 5.32. The summed E-state index contributed by atoms with van der Waals surface area (Å²) in [5.41, 5.74) is 0.997. The Balaban J connectivity index is 1.43. The van der Waals surface area contributed by atoms with E-state index in [1.54, 1.807) is 6.20 Å². The molecule has 124 valence electrons. The highest BCUT2D eigenvalue weighted by Crippen LogP contribution is 2.23. The number of pyridine rings is 1. The van der Waals surface area contributed by atoms with Crippen molar-refractivity contribution in [2.45, 2.75) is 11.7 Å². The van der Waals surface area contributed by atoms with Crippen LogP contribution in [0.3, 0.4) is 0 Å². The van der Waals surface area contributed by atoms with Crippen LogP contribution in [0, 0.1) is 0 Å². The van der Waals surface area contributed by atoms with Crippen molar-refractivity contribution in [3.05, 3.63) is 54.2 Å². The molecule has 2 aromatic rings. The lowest BCUT2D eigenvalue weighted by molar-refractivity contribution is -0.118. The van der Waals surface area contributed by atoms with E-state index in [2.05, 4.69) is 15.6 Å². The SMILES string of the molecule is O=C1NC(=O)C(Cc2ccc(OCCNc3ccccn3)cc2)S1. The number of nitrogens with one attached hydrogen (secondary N) is 2. The molecule has 0 spiro atoms. The Bertz CT molecular complexity index is 707. The number of imide groups is 1. The zero-order valence-electron chi connectivity index (χ0n) is 12.9. The average molecular weight is 343 g/mol. The van der Waals surface area contributed by atoms with Crippen molar-refractivity contribution in [3.8, 4) is 5.75 Å². The van der Waals surface area contributed by atoms with E-state index < -0.39 is 0 Å². The molecule has 1 aromatic carbocycles. The third kappa shape index (κ3) is 4.48. The summed E-state index contributed by atoms with van der Waals surface area (Å²) >= 11 is 1.04. The number of anilines is 1. The lowest BCUT2D eigenvalue weighted by atomic mass is 10.1. The topological polar surface area (TPSA) is 80.3 Å². The highest BCUT2D eigenvalue weighted by Gasteiger charge is 2.31. The molecular weight excluding hydrogens is 326 g/mol. The van der Waals surface area contributed by atoms with E-state index in [-0.39, 0.29) is 16.4 Å². The zero-order valence-corrected chi connectivity index (χ0v) is 13.7. The number of thioether (sulfide) groups is 1. The van der Waals surface area contributed by atoms with E-state index in [1.165, 1.54) is 0 Å². The molecule has 0 bridgehead atoms. The van der Waals surface area contributed by atoms with E-state index >= 15 is 0 Å². The first-order valence-corrected chi connectivity index (χ1v) is 8.47. The minimum absolute atomic E-state index is 0.217. The Morgan fingerprint density at radius 3 is 2.67 bits per heavy atom. The number of benzene rings is 1. The van der Waals surface area contributed by atoms with Gasteiger partial charge >= 0.3 is 0 Å². The van der Waals surface area contributed by atoms with Gasteiger partial charge in [-0.05, 0) is 36.2 Å². The van der Waals surface area contributed by atoms with Gasteiger partial charge in [-0.25, -0.2) is 4.98 Å². The number of aromatic nitrogens is 1. The fraction of sp³-hybridized carbons (Fsp3) is 0.235. The van der Waals surface area contributed by atoms with Crippen LogP contribution in [0.1, 0.15) is 5.56 Å². The van der Waals surface area contributed by atoms with E-state index in [0.717, 1.165) is 28.9 Å². The molecular formula is C17H17N3O3S. The number of carbonyl (C=O) groups excluding carboxylic acids is 2. The summed E-state index contributed by atoms with van der Waals surface area (Å²) in [4.78, 5) is 26.9. The maximum atomic E-state index is 11.6. The number of carbonyl (C=O) groups is 2. The molecule has 0 saturated carbocycles. The molecule has 6 nitrogen and oxygen atoms in total. The fourth-order valence-corrected chi connectivity index (χ4v) is 3.14. The number of hydrogen-bond donors (Lipinski definition) is 2. The van der Waals surface area contributed by atoms with Crippen molar-refractivity contribution in [2.75, 3.05) is 18.5 Å². The third-order valence-electron chi connectivity index (χ3n) is 3.45. The Morgan fingerprint density at radius 1 is 1.17 bits per heavy atom. The molecule has 7 heteroatoms. The Labute approximate surface area is 144 Å². The van der Waals surface area contributed by atoms with Crippen molar-refractivity contribution < 1.29 is 14.3 Å². The summed E-state index contributed by atoms with van der Waals surface area (Å²) in [6.45, 7) is 1.17. The second-order valence-corrected chi connectivity index (χ2v) is 6.40. The minimum atomic E-state index is -0.341. The van der Waals surface area contributed by atoms with Gasteiger partial charge in [0.05, 0.1) is 11.8 Å². The van der Waals surface area contributed by atoms with Crippen LogP contribution in [0.5, 0.6) is 5.75 Å². The van der Waals surface area contributed by atoms with Gasteiger partial charge < -0.3 is 10.1 Å². The van der Waals surface area contributed by atoms with Gasteiger partial charge in [0.15, 0.2) is 0 Å². The van der Waals surface area contributed by atoms with Crippen molar-refractivity contribution in [1.29, 1.82) is 0 Å². The van der Waals surface area contributed by atoms with Crippen LogP contribution in [0.15, 0.2) is 48.7 Å². The zero-order chi connectivity index (χ0) is 16.8. The van der Waals surface area contributed by atoms with E-state index in [1.807, 2.05) is 42.5 Å². The molecule has 24 heavy (non-hydrogen) atoms. The Morgan fingerprint density at radius 2 is 2.00 bits per heavy atom. The highest BCUT2D eigenvalue weighted by atomic mass is 32.2. The lowest BCUT2D eigenvalue weighted by Gasteiger charge is -2.09. The van der Waals surface area contributed by atoms with E-state index in [0.29, 0.717) is 19.6 Å². The molecule has 1 atom stereocenters. The van der Waals surface area contributed by atoms with Gasteiger partial charge in [-0.1, -0.05) is 30.0 Å². The maximum absolute atomic E-state index is 11.6. The fourth-order valence-electron chi connectivity index (χ4n) is 2.28. The van der Waals surface area contributed by atoms with Crippen LogP contribution in [-0.2, 0) is 11.2 Å². The molecule has 0 aliphatic carbocycles. The minimum Gasteiger partial charge on any atom is -0.492 e. The molecule has 2 heterocycles. The van der Waals surface area contributed by atoms with Crippen molar-refractivity contribution in [1.82, 2.24) is 10.3 Å². The molecule has 1 fully saturated rings. The number of rotatable bonds is 7. The van der Waals surface area contributed by atoms with Crippen molar-refractivity contribution in [2.24, 2.45) is 0 Å². The molecule has 1 aromatic heterocycles. The smallest absolute Gasteiger partial charge is 0.286 e. The second-order valence-electron chi connectivity index (χ2n) is 5.22. The normalized spacial score (nSPS) is 16.8. The van der Waals surface area contributed by atoms with Gasteiger partial charge in [-0.3, -0.25) is 14.9 Å². The summed E-state index contributed by atoms with van der Waals surface area (Å²) in [6.07, 6.45) is 2.27. The van der Waals surface area contributed by atoms with Gasteiger partial charge in [0.1, 0.15) is 18.2 Å². The van der Waals surface area contributed by atoms with Crippen LogP contribution in [0.25, 0.3) is 0 Å². The second kappa shape index (κ2) is 7.83. The van der Waals surface area contributed by atoms with Crippen molar-refractivity contribution >= 4 is 28.7 Å². The van der Waals surface area contributed by atoms with Crippen LogP contribution >= 0.6 is 11.8 Å². The first-order valence-electron chi connectivity index (χ1n) is 7.59. The van der Waals surface area contributed by atoms with Gasteiger partial charge in [0.2, 0.25) is 5.91 Å². The van der Waals surface area contributed by atoms with Crippen LogP contribution in [-0.4, -0.2) is 34.5 Å². The van der Waals surface area contributed by atoms with Gasteiger partial charge in [-0.2, -0.15) is 0 Å². The van der Waals surface area contributed by atoms with Crippen LogP contribution in [0.2, 0.25) is 0 Å². The van der Waals surface area contributed by atoms with Crippen LogP contribution in [0.4, 0.5) is 10.6 Å². The average Bonchev–Trinajstić information content (AvgIpc) is 2.91. The molecule has 1 saturated heterocycles.